The maximum absolute atomic E-state index is 13.2. The van der Waals surface area contributed by atoms with E-state index in [9.17, 15) is 22.2 Å². The van der Waals surface area contributed by atoms with Crippen LogP contribution in [0.25, 0.3) is 0 Å². The second-order valence-electron chi connectivity index (χ2n) is 7.08. The molecule has 26 heavy (non-hydrogen) atoms. The number of hydrogen-bond donors (Lipinski definition) is 1. The first-order valence-corrected chi connectivity index (χ1v) is 9.41. The van der Waals surface area contributed by atoms with Gasteiger partial charge >= 0.3 is 6.18 Å². The molecule has 0 saturated heterocycles. The smallest absolute Gasteiger partial charge is 0.306 e. The quantitative estimate of drug-likeness (QED) is 0.858. The molecule has 0 saturated carbocycles. The monoisotopic (exact) mass is 385 g/mol. The second-order valence-corrected chi connectivity index (χ2v) is 8.54. The van der Waals surface area contributed by atoms with Crippen LogP contribution < -0.4 is 5.32 Å². The number of alkyl halides is 3. The van der Waals surface area contributed by atoms with Gasteiger partial charge in [-0.15, -0.1) is 0 Å². The molecule has 1 aliphatic rings. The zero-order chi connectivity index (χ0) is 19.3. The molecule has 0 radical (unpaired) electrons. The van der Waals surface area contributed by atoms with Crippen molar-refractivity contribution in [2.45, 2.75) is 44.0 Å². The highest BCUT2D eigenvalue weighted by Gasteiger charge is 2.36. The third kappa shape index (κ3) is 3.40. The molecule has 1 aromatic heterocycles. The average molecular weight is 385 g/mol. The van der Waals surface area contributed by atoms with Crippen molar-refractivity contribution in [2.24, 2.45) is 0 Å². The molecule has 1 N–H and O–H groups in total. The van der Waals surface area contributed by atoms with Crippen LogP contribution in [-0.2, 0) is 34.0 Å². The molecule has 1 amide bonds. The Hall–Kier alpha value is -2.16. The lowest BCUT2D eigenvalue weighted by molar-refractivity contribution is -0.137. The van der Waals surface area contributed by atoms with E-state index in [1.54, 1.807) is 4.68 Å². The summed E-state index contributed by atoms with van der Waals surface area (Å²) >= 11 is 0. The fraction of sp³-hybridized carbons (Fsp3) is 0.412. The summed E-state index contributed by atoms with van der Waals surface area (Å²) in [6.45, 7) is 5.60. The average Bonchev–Trinajstić information content (AvgIpc) is 3.03. The summed E-state index contributed by atoms with van der Waals surface area (Å²) in [5.41, 5.74) is -0.735. The molecule has 1 aromatic carbocycles. The number of fused-ring (bicyclic) bond motifs is 1. The summed E-state index contributed by atoms with van der Waals surface area (Å²) in [7, 11) is -1.12. The van der Waals surface area contributed by atoms with Crippen LogP contribution >= 0.6 is 0 Å². The minimum absolute atomic E-state index is 0.224. The number of nitrogens with zero attached hydrogens (tertiary/aromatic N) is 2. The predicted molar refractivity (Wildman–Crippen MR) is 92.2 cm³/mol. The summed E-state index contributed by atoms with van der Waals surface area (Å²) in [6, 6.07) is 4.62. The van der Waals surface area contributed by atoms with Gasteiger partial charge in [0.15, 0.2) is 0 Å². The van der Waals surface area contributed by atoms with Crippen LogP contribution in [0.4, 0.5) is 19.0 Å². The number of carbonyl (C=O) groups excluding carboxylic acids is 1. The van der Waals surface area contributed by atoms with Gasteiger partial charge in [-0.2, -0.15) is 18.3 Å². The highest BCUT2D eigenvalue weighted by molar-refractivity contribution is 7.83. The van der Waals surface area contributed by atoms with E-state index in [0.717, 1.165) is 12.1 Å². The molecule has 1 atom stereocenters. The highest BCUT2D eigenvalue weighted by atomic mass is 32.2. The predicted octanol–water partition coefficient (Wildman–Crippen LogP) is 3.67. The molecule has 1 aliphatic heterocycles. The summed E-state index contributed by atoms with van der Waals surface area (Å²) < 4.78 is 53.0. The fourth-order valence-electron chi connectivity index (χ4n) is 2.84. The SMILES string of the molecule is CC(C)(C)n1nc2c(c1NC(=O)c1ccccc1C(F)(F)F)CS(=O)C2. The van der Waals surface area contributed by atoms with Gasteiger partial charge in [-0.25, -0.2) is 4.68 Å². The molecule has 2 heterocycles. The molecule has 2 aromatic rings. The molecular formula is C17H18F3N3O2S. The second kappa shape index (κ2) is 6.22. The Morgan fingerprint density at radius 2 is 1.85 bits per heavy atom. The number of hydrogen-bond acceptors (Lipinski definition) is 3. The van der Waals surface area contributed by atoms with Crippen molar-refractivity contribution < 1.29 is 22.2 Å². The van der Waals surface area contributed by atoms with Gasteiger partial charge in [0.05, 0.1) is 33.9 Å². The van der Waals surface area contributed by atoms with Crippen LogP contribution in [0, 0.1) is 0 Å². The van der Waals surface area contributed by atoms with E-state index in [1.807, 2.05) is 20.8 Å². The zero-order valence-electron chi connectivity index (χ0n) is 14.5. The number of carbonyl (C=O) groups is 1. The number of aromatic nitrogens is 2. The number of anilines is 1. The maximum Gasteiger partial charge on any atom is 0.417 e. The third-order valence-corrected chi connectivity index (χ3v) is 5.22. The summed E-state index contributed by atoms with van der Waals surface area (Å²) in [6.07, 6.45) is -4.64. The number of amides is 1. The molecule has 0 aliphatic carbocycles. The molecular weight excluding hydrogens is 367 g/mol. The van der Waals surface area contributed by atoms with Crippen molar-refractivity contribution in [3.05, 3.63) is 46.6 Å². The van der Waals surface area contributed by atoms with Crippen LogP contribution in [-0.4, -0.2) is 19.9 Å². The first-order valence-electron chi connectivity index (χ1n) is 7.92. The standard InChI is InChI=1S/C17H18F3N3O2S/c1-16(2,3)23-14(11-8-26(25)9-13(11)22-23)21-15(24)10-6-4-5-7-12(10)17(18,19)20/h4-7H,8-9H2,1-3H3,(H,21,24). The molecule has 140 valence electrons. The first-order chi connectivity index (χ1) is 12.0. The van der Waals surface area contributed by atoms with Crippen molar-refractivity contribution >= 4 is 22.5 Å². The minimum atomic E-state index is -4.64. The number of benzene rings is 1. The number of nitrogens with one attached hydrogen (secondary N) is 1. The van der Waals surface area contributed by atoms with E-state index in [1.165, 1.54) is 12.1 Å². The lowest BCUT2D eigenvalue weighted by Crippen LogP contribution is -2.28. The molecule has 0 spiro atoms. The van der Waals surface area contributed by atoms with Crippen molar-refractivity contribution in [3.8, 4) is 0 Å². The largest absolute Gasteiger partial charge is 0.417 e. The Kier molecular flexibility index (Phi) is 4.46. The van der Waals surface area contributed by atoms with E-state index in [-0.39, 0.29) is 11.5 Å². The zero-order valence-corrected chi connectivity index (χ0v) is 15.3. The van der Waals surface area contributed by atoms with Gasteiger partial charge in [0.2, 0.25) is 0 Å². The Balaban J connectivity index is 2.03. The normalized spacial score (nSPS) is 17.2. The van der Waals surface area contributed by atoms with Crippen LogP contribution in [0.5, 0.6) is 0 Å². The summed E-state index contributed by atoms with van der Waals surface area (Å²) in [4.78, 5) is 12.6. The highest BCUT2D eigenvalue weighted by Crippen LogP contribution is 2.35. The first kappa shape index (κ1) is 18.6. The molecule has 5 nitrogen and oxygen atoms in total. The Labute approximate surface area is 151 Å². The van der Waals surface area contributed by atoms with Crippen LogP contribution in [0.2, 0.25) is 0 Å². The Morgan fingerprint density at radius 1 is 1.19 bits per heavy atom. The summed E-state index contributed by atoms with van der Waals surface area (Å²) in [5, 5.41) is 6.99. The summed E-state index contributed by atoms with van der Waals surface area (Å²) in [5.74, 6) is -0.0633. The van der Waals surface area contributed by atoms with Gasteiger partial charge < -0.3 is 5.32 Å². The van der Waals surface area contributed by atoms with Gasteiger partial charge in [-0.05, 0) is 32.9 Å². The topological polar surface area (TPSA) is 64.0 Å². The Bertz CT molecular complexity index is 898. The Morgan fingerprint density at radius 3 is 2.46 bits per heavy atom. The number of halogens is 3. The van der Waals surface area contributed by atoms with Gasteiger partial charge in [0, 0.05) is 16.4 Å². The van der Waals surface area contributed by atoms with E-state index < -0.39 is 39.5 Å². The molecule has 0 bridgehead atoms. The molecule has 1 unspecified atom stereocenters. The van der Waals surface area contributed by atoms with Crippen LogP contribution in [0.3, 0.4) is 0 Å². The van der Waals surface area contributed by atoms with Gasteiger partial charge in [0.25, 0.3) is 5.91 Å². The molecule has 3 rings (SSSR count). The van der Waals surface area contributed by atoms with Crippen molar-refractivity contribution in [2.75, 3.05) is 5.32 Å². The third-order valence-electron chi connectivity index (χ3n) is 4.01. The lowest BCUT2D eigenvalue weighted by Gasteiger charge is -2.23. The molecule has 0 fully saturated rings. The van der Waals surface area contributed by atoms with Crippen molar-refractivity contribution in [3.63, 3.8) is 0 Å². The maximum atomic E-state index is 13.2. The molecule has 9 heteroatoms. The van der Waals surface area contributed by atoms with E-state index in [0.29, 0.717) is 17.1 Å². The fourth-order valence-corrected chi connectivity index (χ4v) is 4.11. The van der Waals surface area contributed by atoms with Crippen LogP contribution in [0.1, 0.15) is 48.0 Å². The van der Waals surface area contributed by atoms with Crippen LogP contribution in [0.15, 0.2) is 24.3 Å². The van der Waals surface area contributed by atoms with Crippen molar-refractivity contribution in [1.82, 2.24) is 9.78 Å². The van der Waals surface area contributed by atoms with Gasteiger partial charge in [0.1, 0.15) is 5.82 Å². The number of rotatable bonds is 2. The van der Waals surface area contributed by atoms with E-state index in [4.69, 9.17) is 0 Å². The lowest BCUT2D eigenvalue weighted by atomic mass is 10.1. The van der Waals surface area contributed by atoms with Gasteiger partial charge in [-0.1, -0.05) is 12.1 Å². The van der Waals surface area contributed by atoms with E-state index >= 15 is 0 Å². The van der Waals surface area contributed by atoms with Gasteiger partial charge in [-0.3, -0.25) is 9.00 Å². The van der Waals surface area contributed by atoms with Crippen molar-refractivity contribution in [1.29, 1.82) is 0 Å². The van der Waals surface area contributed by atoms with E-state index in [2.05, 4.69) is 10.4 Å². The minimum Gasteiger partial charge on any atom is -0.306 e.